The van der Waals surface area contributed by atoms with E-state index in [1.54, 1.807) is 0 Å². The molecule has 2 unspecified atom stereocenters. The molecule has 4 aromatic heterocycles. The molecule has 0 amide bonds. The Morgan fingerprint density at radius 1 is 1.21 bits per heavy atom. The fraction of sp³-hybridized carbons (Fsp3) is 0.476. The van der Waals surface area contributed by atoms with Gasteiger partial charge in [-0.3, -0.25) is 23.4 Å². The van der Waals surface area contributed by atoms with Crippen molar-refractivity contribution in [2.75, 3.05) is 37.9 Å². The molecule has 8 N–H and O–H groups in total. The van der Waals surface area contributed by atoms with Crippen LogP contribution in [0, 0.1) is 0 Å². The van der Waals surface area contributed by atoms with Crippen molar-refractivity contribution in [2.45, 2.75) is 36.0 Å². The van der Waals surface area contributed by atoms with Crippen LogP contribution in [-0.2, 0) is 41.8 Å². The second kappa shape index (κ2) is 10.2. The fourth-order valence-electron chi connectivity index (χ4n) is 5.05. The van der Waals surface area contributed by atoms with E-state index in [9.17, 15) is 19.9 Å². The molecule has 0 radical (unpaired) electrons. The number of aliphatic hydroxyl groups excluding tert-OH is 2. The number of aliphatic hydroxyl groups is 2. The quantitative estimate of drug-likeness (QED) is 0.124. The molecule has 2 fully saturated rings. The molecule has 7 atom stereocenters. The molecule has 0 aromatic carbocycles. The average molecular weight is 632 g/mol. The van der Waals surface area contributed by atoms with Gasteiger partial charge >= 0.3 is 6.72 Å². The van der Waals surface area contributed by atoms with E-state index in [1.165, 1.54) is 12.3 Å². The third-order valence-corrected chi connectivity index (χ3v) is 8.73. The number of aromatic nitrogens is 7. The summed E-state index contributed by atoms with van der Waals surface area (Å²) in [5.41, 5.74) is 8.08. The van der Waals surface area contributed by atoms with Gasteiger partial charge in [-0.2, -0.15) is 4.98 Å². The summed E-state index contributed by atoms with van der Waals surface area (Å²) in [6.07, 6.45) is -3.31. The standard InChI is InChI=1S/C21H24F2N9O8PS/c22-13-10(3-33)38-6-21(13,32-8-28-12-17(32)29-19(25)30-18(12)35)40-41(36,42)39-4-11-14(34)20(23,5-37-11)31-2-1-9-15(24)26-7-27-16(9)31/h1-2,7-8,10-11,13-14,33-34H,3-6H2,(H,36,42)(H2,24,26,27)(H3,25,29,30,35)/t10-,11-,13+,14-,20?,21+,41?/m1/s1. The Kier molecular flexibility index (Phi) is 7.03. The lowest BCUT2D eigenvalue weighted by molar-refractivity contribution is -0.0745. The average Bonchev–Trinajstić information content (AvgIpc) is 3.70. The van der Waals surface area contributed by atoms with Crippen LogP contribution < -0.4 is 17.0 Å². The highest BCUT2D eigenvalue weighted by Crippen LogP contribution is 2.54. The Labute approximate surface area is 238 Å². The Morgan fingerprint density at radius 3 is 2.71 bits per heavy atom. The first kappa shape index (κ1) is 28.9. The predicted molar refractivity (Wildman–Crippen MR) is 143 cm³/mol. The first-order valence-electron chi connectivity index (χ1n) is 12.2. The number of nitrogen functional groups attached to an aromatic ring is 2. The van der Waals surface area contributed by atoms with Crippen LogP contribution in [0.25, 0.3) is 22.2 Å². The molecule has 2 aliphatic heterocycles. The number of nitrogens with two attached hydrogens (primary N) is 2. The van der Waals surface area contributed by atoms with E-state index in [0.717, 1.165) is 21.8 Å². The van der Waals surface area contributed by atoms with Crippen molar-refractivity contribution in [1.82, 2.24) is 34.1 Å². The van der Waals surface area contributed by atoms with Gasteiger partial charge < -0.3 is 40.6 Å². The summed E-state index contributed by atoms with van der Waals surface area (Å²) in [6, 6.07) is 1.48. The Hall–Kier alpha value is -3.20. The van der Waals surface area contributed by atoms with Gasteiger partial charge in [-0.05, 0) is 17.9 Å². The highest BCUT2D eigenvalue weighted by molar-refractivity contribution is 8.07. The summed E-state index contributed by atoms with van der Waals surface area (Å²) in [6.45, 7) is -7.17. The number of hydrogen-bond donors (Lipinski definition) is 6. The van der Waals surface area contributed by atoms with Crippen molar-refractivity contribution in [3.8, 4) is 0 Å². The number of anilines is 2. The number of ether oxygens (including phenoxy) is 2. The SMILES string of the molecule is Nc1nc2c(ncn2[C@]2(OP(O)(=S)OC[C@H]3OCC(F)(n4ccc5c(N)ncnc54)[C@@H]3O)CO[C@H](CO)[C@@H]2F)c(=O)[nH]1. The largest absolute Gasteiger partial charge is 0.394 e. The van der Waals surface area contributed by atoms with Crippen molar-refractivity contribution < 1.29 is 42.4 Å². The van der Waals surface area contributed by atoms with Crippen molar-refractivity contribution >= 4 is 52.5 Å². The summed E-state index contributed by atoms with van der Waals surface area (Å²) in [7, 11) is 0. The van der Waals surface area contributed by atoms with Crippen molar-refractivity contribution in [3.63, 3.8) is 0 Å². The number of halogens is 2. The van der Waals surface area contributed by atoms with E-state index in [1.807, 2.05) is 0 Å². The lowest BCUT2D eigenvalue weighted by atomic mass is 10.1. The molecule has 0 bridgehead atoms. The van der Waals surface area contributed by atoms with E-state index in [4.69, 9.17) is 41.8 Å². The van der Waals surface area contributed by atoms with Gasteiger partial charge in [-0.15, -0.1) is 0 Å². The number of rotatable bonds is 8. The minimum absolute atomic E-state index is 0.112. The maximum absolute atomic E-state index is 16.1. The minimum atomic E-state index is -4.47. The maximum Gasteiger partial charge on any atom is 0.326 e. The first-order valence-corrected chi connectivity index (χ1v) is 14.8. The van der Waals surface area contributed by atoms with Crippen molar-refractivity contribution in [2.24, 2.45) is 0 Å². The third-order valence-electron chi connectivity index (χ3n) is 7.17. The van der Waals surface area contributed by atoms with Crippen LogP contribution in [0.2, 0.25) is 0 Å². The molecule has 17 nitrogen and oxygen atoms in total. The molecule has 0 saturated carbocycles. The molecule has 226 valence electrons. The normalized spacial score (nSPS) is 31.3. The summed E-state index contributed by atoms with van der Waals surface area (Å²) in [5.74, 6) is -2.71. The second-order valence-corrected chi connectivity index (χ2v) is 12.4. The maximum atomic E-state index is 16.1. The summed E-state index contributed by atoms with van der Waals surface area (Å²) >= 11 is 5.14. The van der Waals surface area contributed by atoms with Crippen LogP contribution in [0.3, 0.4) is 0 Å². The van der Waals surface area contributed by atoms with Crippen LogP contribution in [0.4, 0.5) is 20.5 Å². The number of nitrogens with one attached hydrogen (secondary N) is 1. The van der Waals surface area contributed by atoms with E-state index < -0.39 is 74.7 Å². The van der Waals surface area contributed by atoms with Crippen LogP contribution in [0.15, 0.2) is 29.7 Å². The number of hydrogen-bond acceptors (Lipinski definition) is 14. The van der Waals surface area contributed by atoms with E-state index in [-0.39, 0.29) is 28.6 Å². The van der Waals surface area contributed by atoms with Gasteiger partial charge in [0.1, 0.15) is 42.7 Å². The fourth-order valence-corrected chi connectivity index (χ4v) is 6.65. The molecule has 6 heterocycles. The van der Waals surface area contributed by atoms with E-state index in [2.05, 4.69) is 24.9 Å². The third kappa shape index (κ3) is 4.46. The minimum Gasteiger partial charge on any atom is -0.394 e. The Morgan fingerprint density at radius 2 is 1.98 bits per heavy atom. The van der Waals surface area contributed by atoms with Crippen LogP contribution in [0.5, 0.6) is 0 Å². The lowest BCUT2D eigenvalue weighted by Crippen LogP contribution is -2.46. The van der Waals surface area contributed by atoms with Crippen LogP contribution in [0.1, 0.15) is 0 Å². The van der Waals surface area contributed by atoms with Gasteiger partial charge in [0.2, 0.25) is 17.5 Å². The van der Waals surface area contributed by atoms with Gasteiger partial charge in [-0.1, -0.05) is 0 Å². The van der Waals surface area contributed by atoms with Gasteiger partial charge in [0.05, 0.1) is 31.5 Å². The molecule has 6 rings (SSSR count). The Bertz CT molecular complexity index is 1770. The van der Waals surface area contributed by atoms with Crippen molar-refractivity contribution in [3.05, 3.63) is 35.3 Å². The zero-order valence-electron chi connectivity index (χ0n) is 21.3. The lowest BCUT2D eigenvalue weighted by Gasteiger charge is -2.34. The van der Waals surface area contributed by atoms with Gasteiger partial charge in [0, 0.05) is 6.20 Å². The Balaban J connectivity index is 1.25. The molecular weight excluding hydrogens is 607 g/mol. The summed E-state index contributed by atoms with van der Waals surface area (Å²) in [5, 5.41) is 20.8. The molecule has 42 heavy (non-hydrogen) atoms. The van der Waals surface area contributed by atoms with Gasteiger partial charge in [0.15, 0.2) is 17.3 Å². The molecule has 2 aliphatic rings. The summed E-state index contributed by atoms with van der Waals surface area (Å²) in [4.78, 5) is 41.4. The molecule has 0 aliphatic carbocycles. The second-order valence-electron chi connectivity index (χ2n) is 9.67. The van der Waals surface area contributed by atoms with E-state index >= 15 is 8.78 Å². The highest BCUT2D eigenvalue weighted by Gasteiger charge is 2.57. The number of alkyl halides is 2. The molecule has 2 saturated heterocycles. The number of fused-ring (bicyclic) bond motifs is 2. The van der Waals surface area contributed by atoms with Crippen molar-refractivity contribution in [1.29, 1.82) is 0 Å². The number of nitrogens with zero attached hydrogens (tertiary/aromatic N) is 6. The number of imidazole rings is 1. The highest BCUT2D eigenvalue weighted by atomic mass is 32.5. The molecular formula is C21H24F2N9O8PS. The smallest absolute Gasteiger partial charge is 0.326 e. The summed E-state index contributed by atoms with van der Waals surface area (Å²) < 4.78 is 55.8. The molecule has 4 aromatic rings. The number of H-pyrrole nitrogens is 1. The zero-order chi connectivity index (χ0) is 30.0. The topological polar surface area (TPSA) is 244 Å². The zero-order valence-corrected chi connectivity index (χ0v) is 23.0. The van der Waals surface area contributed by atoms with Gasteiger partial charge in [0.25, 0.3) is 5.56 Å². The van der Waals surface area contributed by atoms with Gasteiger partial charge in [-0.25, -0.2) is 23.7 Å². The first-order chi connectivity index (χ1) is 19.9. The monoisotopic (exact) mass is 631 g/mol. The van der Waals surface area contributed by atoms with Crippen LogP contribution in [-0.4, -0.2) is 100 Å². The van der Waals surface area contributed by atoms with E-state index in [0.29, 0.717) is 5.39 Å². The predicted octanol–water partition coefficient (Wildman–Crippen LogP) is -1.26. The molecule has 0 spiro atoms. The number of aromatic amines is 1. The van der Waals surface area contributed by atoms with Crippen LogP contribution >= 0.6 is 6.72 Å². The molecule has 21 heteroatoms.